The van der Waals surface area contributed by atoms with Gasteiger partial charge in [-0.15, -0.1) is 11.3 Å². The Morgan fingerprint density at radius 1 is 1.10 bits per heavy atom. The summed E-state index contributed by atoms with van der Waals surface area (Å²) in [5, 5.41) is 6.05. The van der Waals surface area contributed by atoms with Crippen molar-refractivity contribution in [3.63, 3.8) is 0 Å². The predicted molar refractivity (Wildman–Crippen MR) is 90.3 cm³/mol. The molecule has 1 aromatic heterocycles. The van der Waals surface area contributed by atoms with Gasteiger partial charge in [0.2, 0.25) is 0 Å². The summed E-state index contributed by atoms with van der Waals surface area (Å²) in [5.74, 6) is 0.833. The summed E-state index contributed by atoms with van der Waals surface area (Å²) in [6, 6.07) is 18.0. The van der Waals surface area contributed by atoms with E-state index in [4.69, 9.17) is 4.74 Å². The molecule has 3 nitrogen and oxygen atoms in total. The second-order valence-electron chi connectivity index (χ2n) is 4.40. The van der Waals surface area contributed by atoms with Crippen molar-refractivity contribution in [3.05, 3.63) is 70.1 Å². The third-order valence-electron chi connectivity index (χ3n) is 2.81. The van der Waals surface area contributed by atoms with Crippen LogP contribution in [0.25, 0.3) is 0 Å². The van der Waals surface area contributed by atoms with Crippen LogP contribution in [0.5, 0.6) is 5.75 Å². The van der Waals surface area contributed by atoms with Crippen LogP contribution in [0.2, 0.25) is 0 Å². The van der Waals surface area contributed by atoms with Gasteiger partial charge in [-0.1, -0.05) is 36.4 Å². The largest absolute Gasteiger partial charge is 0.489 e. The van der Waals surface area contributed by atoms with Crippen LogP contribution in [0.15, 0.2) is 64.6 Å². The third kappa shape index (κ3) is 4.06. The van der Waals surface area contributed by atoms with E-state index in [1.54, 1.807) is 11.3 Å². The molecule has 2 aromatic carbocycles. The smallest absolute Gasteiger partial charge is 0.188 e. The molecule has 0 aliphatic heterocycles. The first kappa shape index (κ1) is 14.1. The van der Waals surface area contributed by atoms with Gasteiger partial charge in [0, 0.05) is 17.1 Å². The minimum absolute atomic E-state index is 0.563. The standard InChI is InChI=1S/C16H13BrN2OS/c17-15-11-21-16(19-15)18-13-7-4-8-14(9-13)20-10-12-5-2-1-3-6-12/h1-9,11H,10H2,(H,18,19). The van der Waals surface area contributed by atoms with Gasteiger partial charge in [0.1, 0.15) is 17.0 Å². The Labute approximate surface area is 135 Å². The van der Waals surface area contributed by atoms with Crippen LogP contribution >= 0.6 is 27.3 Å². The van der Waals surface area contributed by atoms with E-state index in [2.05, 4.69) is 38.4 Å². The lowest BCUT2D eigenvalue weighted by Gasteiger charge is -2.08. The van der Waals surface area contributed by atoms with Crippen LogP contribution < -0.4 is 10.1 Å². The summed E-state index contributed by atoms with van der Waals surface area (Å²) >= 11 is 4.90. The summed E-state index contributed by atoms with van der Waals surface area (Å²) in [7, 11) is 0. The number of halogens is 1. The van der Waals surface area contributed by atoms with Gasteiger partial charge in [-0.3, -0.25) is 0 Å². The zero-order valence-electron chi connectivity index (χ0n) is 11.1. The maximum atomic E-state index is 5.81. The normalized spacial score (nSPS) is 10.3. The van der Waals surface area contributed by atoms with Crippen molar-refractivity contribution in [2.75, 3.05) is 5.32 Å². The van der Waals surface area contributed by atoms with Gasteiger partial charge < -0.3 is 10.1 Å². The second kappa shape index (κ2) is 6.74. The van der Waals surface area contributed by atoms with E-state index in [0.717, 1.165) is 26.7 Å². The summed E-state index contributed by atoms with van der Waals surface area (Å²) in [6.07, 6.45) is 0. The Bertz CT molecular complexity index is 715. The molecule has 0 spiro atoms. The van der Waals surface area contributed by atoms with Gasteiger partial charge in [0.15, 0.2) is 5.13 Å². The number of anilines is 2. The fourth-order valence-corrected chi connectivity index (χ4v) is 3.00. The topological polar surface area (TPSA) is 34.1 Å². The van der Waals surface area contributed by atoms with Crippen LogP contribution in [0, 0.1) is 0 Å². The number of rotatable bonds is 5. The molecule has 0 radical (unpaired) electrons. The Morgan fingerprint density at radius 3 is 2.71 bits per heavy atom. The number of thiazole rings is 1. The molecular weight excluding hydrogens is 348 g/mol. The Kier molecular flexibility index (Phi) is 4.52. The molecule has 0 atom stereocenters. The van der Waals surface area contributed by atoms with Gasteiger partial charge in [0.05, 0.1) is 0 Å². The maximum absolute atomic E-state index is 5.81. The summed E-state index contributed by atoms with van der Waals surface area (Å²) < 4.78 is 6.65. The molecule has 21 heavy (non-hydrogen) atoms. The molecule has 0 saturated heterocycles. The number of ether oxygens (including phenoxy) is 1. The monoisotopic (exact) mass is 360 g/mol. The summed E-state index contributed by atoms with van der Waals surface area (Å²) in [6.45, 7) is 0.563. The van der Waals surface area contributed by atoms with Crippen molar-refractivity contribution in [1.82, 2.24) is 4.98 Å². The Hall–Kier alpha value is -1.85. The molecule has 3 aromatic rings. The number of hydrogen-bond acceptors (Lipinski definition) is 4. The predicted octanol–water partition coefficient (Wildman–Crippen LogP) is 5.23. The zero-order chi connectivity index (χ0) is 14.5. The van der Waals surface area contributed by atoms with Crippen LogP contribution in [-0.2, 0) is 6.61 Å². The molecule has 1 N–H and O–H groups in total. The highest BCUT2D eigenvalue weighted by Crippen LogP contribution is 2.25. The SMILES string of the molecule is Brc1csc(Nc2cccc(OCc3ccccc3)c2)n1. The highest BCUT2D eigenvalue weighted by atomic mass is 79.9. The van der Waals surface area contributed by atoms with Gasteiger partial charge in [-0.25, -0.2) is 4.98 Å². The minimum atomic E-state index is 0.563. The molecule has 0 fully saturated rings. The van der Waals surface area contributed by atoms with Gasteiger partial charge in [-0.05, 0) is 33.6 Å². The molecule has 3 rings (SSSR count). The van der Waals surface area contributed by atoms with E-state index in [0.29, 0.717) is 6.61 Å². The van der Waals surface area contributed by atoms with Crippen LogP contribution in [0.3, 0.4) is 0 Å². The highest BCUT2D eigenvalue weighted by Gasteiger charge is 2.02. The second-order valence-corrected chi connectivity index (χ2v) is 6.07. The fraction of sp³-hybridized carbons (Fsp3) is 0.0625. The minimum Gasteiger partial charge on any atom is -0.489 e. The van der Waals surface area contributed by atoms with E-state index in [-0.39, 0.29) is 0 Å². The van der Waals surface area contributed by atoms with Crippen molar-refractivity contribution < 1.29 is 4.74 Å². The Balaban J connectivity index is 1.65. The van der Waals surface area contributed by atoms with Crippen molar-refractivity contribution in [3.8, 4) is 5.75 Å². The molecule has 0 aliphatic rings. The van der Waals surface area contributed by atoms with Gasteiger partial charge >= 0.3 is 0 Å². The average Bonchev–Trinajstić information content (AvgIpc) is 2.92. The first-order valence-corrected chi connectivity index (χ1v) is 8.12. The van der Waals surface area contributed by atoms with E-state index in [1.165, 1.54) is 0 Å². The molecule has 1 heterocycles. The van der Waals surface area contributed by atoms with Crippen LogP contribution in [0.4, 0.5) is 10.8 Å². The lowest BCUT2D eigenvalue weighted by atomic mass is 10.2. The number of aromatic nitrogens is 1. The van der Waals surface area contributed by atoms with Gasteiger partial charge in [-0.2, -0.15) is 0 Å². The molecule has 0 saturated carbocycles. The molecule has 0 unspecified atom stereocenters. The highest BCUT2D eigenvalue weighted by molar-refractivity contribution is 9.10. The van der Waals surface area contributed by atoms with E-state index in [9.17, 15) is 0 Å². The quantitative estimate of drug-likeness (QED) is 0.676. The maximum Gasteiger partial charge on any atom is 0.188 e. The van der Waals surface area contributed by atoms with Crippen molar-refractivity contribution >= 4 is 38.1 Å². The first-order valence-electron chi connectivity index (χ1n) is 6.44. The van der Waals surface area contributed by atoms with Crippen molar-refractivity contribution in [2.45, 2.75) is 6.61 Å². The van der Waals surface area contributed by atoms with Crippen molar-refractivity contribution in [2.24, 2.45) is 0 Å². The molecule has 106 valence electrons. The van der Waals surface area contributed by atoms with E-state index in [1.807, 2.05) is 47.8 Å². The molecule has 0 amide bonds. The lowest BCUT2D eigenvalue weighted by Crippen LogP contribution is -1.96. The summed E-state index contributed by atoms with van der Waals surface area (Å²) in [5.41, 5.74) is 2.11. The fourth-order valence-electron chi connectivity index (χ4n) is 1.84. The number of hydrogen-bond donors (Lipinski definition) is 1. The first-order chi connectivity index (χ1) is 10.3. The zero-order valence-corrected chi connectivity index (χ0v) is 13.5. The van der Waals surface area contributed by atoms with Gasteiger partial charge in [0.25, 0.3) is 0 Å². The van der Waals surface area contributed by atoms with Crippen LogP contribution in [0.1, 0.15) is 5.56 Å². The number of nitrogens with zero attached hydrogens (tertiary/aromatic N) is 1. The number of nitrogens with one attached hydrogen (secondary N) is 1. The van der Waals surface area contributed by atoms with E-state index >= 15 is 0 Å². The van der Waals surface area contributed by atoms with Crippen molar-refractivity contribution in [1.29, 1.82) is 0 Å². The molecule has 0 aliphatic carbocycles. The molecule has 5 heteroatoms. The average molecular weight is 361 g/mol. The summed E-state index contributed by atoms with van der Waals surface area (Å²) in [4.78, 5) is 4.31. The Morgan fingerprint density at radius 2 is 1.95 bits per heavy atom. The van der Waals surface area contributed by atoms with Crippen LogP contribution in [-0.4, -0.2) is 4.98 Å². The third-order valence-corrected chi connectivity index (χ3v) is 4.28. The molecule has 0 bridgehead atoms. The van der Waals surface area contributed by atoms with E-state index < -0.39 is 0 Å². The number of benzene rings is 2. The lowest BCUT2D eigenvalue weighted by molar-refractivity contribution is 0.306. The molecular formula is C16H13BrN2OS.